The Labute approximate surface area is 145 Å². The van der Waals surface area contributed by atoms with Gasteiger partial charge in [-0.1, -0.05) is 12.8 Å². The Morgan fingerprint density at radius 3 is 2.72 bits per heavy atom. The normalized spacial score (nSPS) is 17.6. The number of rotatable bonds is 3. The summed E-state index contributed by atoms with van der Waals surface area (Å²) in [6.45, 7) is 1.59. The van der Waals surface area contributed by atoms with E-state index in [0.29, 0.717) is 31.0 Å². The molecule has 4 rings (SSSR count). The highest BCUT2D eigenvalue weighted by atomic mass is 16.2. The summed E-state index contributed by atoms with van der Waals surface area (Å²) in [7, 11) is 1.84. The number of nitrogens with zero attached hydrogens (tertiary/aromatic N) is 5. The van der Waals surface area contributed by atoms with Crippen molar-refractivity contribution in [1.29, 1.82) is 0 Å². The van der Waals surface area contributed by atoms with Gasteiger partial charge >= 0.3 is 0 Å². The summed E-state index contributed by atoms with van der Waals surface area (Å²) in [5, 5.41) is 7.47. The molecule has 0 spiro atoms. The molecule has 0 saturated heterocycles. The molecule has 0 atom stereocenters. The van der Waals surface area contributed by atoms with Crippen LogP contribution in [0.25, 0.3) is 0 Å². The first-order valence-electron chi connectivity index (χ1n) is 8.75. The summed E-state index contributed by atoms with van der Waals surface area (Å²) in [6.07, 6.45) is 7.78. The first kappa shape index (κ1) is 15.9. The smallest absolute Gasteiger partial charge is 0.274 e. The van der Waals surface area contributed by atoms with Crippen LogP contribution in [0.3, 0.4) is 0 Å². The van der Waals surface area contributed by atoms with Crippen LogP contribution in [0, 0.1) is 0 Å². The summed E-state index contributed by atoms with van der Waals surface area (Å²) < 4.78 is 3.58. The van der Waals surface area contributed by atoms with E-state index in [4.69, 9.17) is 0 Å². The van der Waals surface area contributed by atoms with E-state index in [-0.39, 0.29) is 17.9 Å². The third-order valence-corrected chi connectivity index (χ3v) is 4.93. The van der Waals surface area contributed by atoms with E-state index in [9.17, 15) is 9.59 Å². The highest BCUT2D eigenvalue weighted by Gasteiger charge is 2.26. The number of aryl methyl sites for hydroxylation is 1. The third-order valence-electron chi connectivity index (χ3n) is 4.93. The topological polar surface area (TPSA) is 85.1 Å². The van der Waals surface area contributed by atoms with Crippen LogP contribution in [-0.4, -0.2) is 48.6 Å². The van der Waals surface area contributed by atoms with E-state index < -0.39 is 0 Å². The maximum absolute atomic E-state index is 12.5. The zero-order valence-corrected chi connectivity index (χ0v) is 14.3. The number of nitrogens with one attached hydrogen (secondary N) is 1. The van der Waals surface area contributed by atoms with Gasteiger partial charge in [-0.25, -0.2) is 4.98 Å². The van der Waals surface area contributed by atoms with Crippen molar-refractivity contribution in [3.05, 3.63) is 35.7 Å². The number of carbonyl (C=O) groups is 2. The quantitative estimate of drug-likeness (QED) is 0.900. The third kappa shape index (κ3) is 3.16. The molecule has 1 aliphatic heterocycles. The van der Waals surface area contributed by atoms with Crippen LogP contribution in [0.4, 0.5) is 0 Å². The van der Waals surface area contributed by atoms with Crippen molar-refractivity contribution in [2.75, 3.05) is 6.54 Å². The zero-order valence-electron chi connectivity index (χ0n) is 14.3. The monoisotopic (exact) mass is 342 g/mol. The molecule has 0 aromatic carbocycles. The molecule has 0 radical (unpaired) electrons. The lowest BCUT2D eigenvalue weighted by Crippen LogP contribution is -2.38. The Morgan fingerprint density at radius 1 is 1.20 bits per heavy atom. The Kier molecular flexibility index (Phi) is 4.03. The van der Waals surface area contributed by atoms with Crippen LogP contribution in [0.5, 0.6) is 0 Å². The average Bonchev–Trinajstić information content (AvgIpc) is 3.33. The van der Waals surface area contributed by atoms with Crippen molar-refractivity contribution in [3.8, 4) is 0 Å². The molecular formula is C17H22N6O2. The van der Waals surface area contributed by atoms with E-state index in [1.807, 2.05) is 11.7 Å². The molecule has 132 valence electrons. The second-order valence-electron chi connectivity index (χ2n) is 6.85. The van der Waals surface area contributed by atoms with Gasteiger partial charge in [0.1, 0.15) is 5.69 Å². The molecule has 2 amide bonds. The van der Waals surface area contributed by atoms with Crippen LogP contribution < -0.4 is 5.32 Å². The minimum Gasteiger partial charge on any atom is -0.348 e. The van der Waals surface area contributed by atoms with E-state index in [2.05, 4.69) is 15.4 Å². The fraction of sp³-hybridized carbons (Fsp3) is 0.529. The van der Waals surface area contributed by atoms with Gasteiger partial charge in [0.25, 0.3) is 11.8 Å². The number of carbonyl (C=O) groups excluding carboxylic acids is 2. The van der Waals surface area contributed by atoms with Gasteiger partial charge in [0.15, 0.2) is 5.69 Å². The molecule has 1 N–H and O–H groups in total. The minimum absolute atomic E-state index is 0.0926. The second-order valence-corrected chi connectivity index (χ2v) is 6.85. The van der Waals surface area contributed by atoms with Gasteiger partial charge < -0.3 is 14.8 Å². The number of hydrogen-bond acceptors (Lipinski definition) is 4. The lowest BCUT2D eigenvalue weighted by atomic mass is 10.2. The lowest BCUT2D eigenvalue weighted by Gasteiger charge is -2.26. The standard InChI is InChI=1S/C17H22N6O2/c1-21-10-15(18-11-21)17(25)22-6-7-23-13(9-22)8-14(20-23)16(24)19-12-4-2-3-5-12/h8,10-12H,2-7,9H2,1H3,(H,19,24). The number of aromatic nitrogens is 4. The molecule has 2 aromatic rings. The van der Waals surface area contributed by atoms with Gasteiger partial charge in [0.05, 0.1) is 25.1 Å². The van der Waals surface area contributed by atoms with Crippen molar-refractivity contribution in [2.24, 2.45) is 7.05 Å². The average molecular weight is 342 g/mol. The Bertz CT molecular complexity index is 802. The van der Waals surface area contributed by atoms with Gasteiger partial charge in [-0.15, -0.1) is 0 Å². The first-order chi connectivity index (χ1) is 12.1. The van der Waals surface area contributed by atoms with E-state index >= 15 is 0 Å². The molecule has 3 heterocycles. The van der Waals surface area contributed by atoms with Crippen molar-refractivity contribution >= 4 is 11.8 Å². The SMILES string of the molecule is Cn1cnc(C(=O)N2CCn3nc(C(=O)NC4CCCC4)cc3C2)c1. The van der Waals surface area contributed by atoms with E-state index in [0.717, 1.165) is 18.5 Å². The summed E-state index contributed by atoms with van der Waals surface area (Å²) in [5.41, 5.74) is 1.76. The van der Waals surface area contributed by atoms with Crippen molar-refractivity contribution in [1.82, 2.24) is 29.5 Å². The van der Waals surface area contributed by atoms with E-state index in [1.54, 1.807) is 28.1 Å². The largest absolute Gasteiger partial charge is 0.348 e. The molecule has 1 fully saturated rings. The van der Waals surface area contributed by atoms with Gasteiger partial charge in [0.2, 0.25) is 0 Å². The van der Waals surface area contributed by atoms with Gasteiger partial charge in [0, 0.05) is 25.8 Å². The lowest BCUT2D eigenvalue weighted by molar-refractivity contribution is 0.0699. The van der Waals surface area contributed by atoms with Crippen LogP contribution >= 0.6 is 0 Å². The highest BCUT2D eigenvalue weighted by molar-refractivity contribution is 5.93. The molecular weight excluding hydrogens is 320 g/mol. The molecule has 1 saturated carbocycles. The van der Waals surface area contributed by atoms with E-state index in [1.165, 1.54) is 12.8 Å². The summed E-state index contributed by atoms with van der Waals surface area (Å²) in [6, 6.07) is 2.07. The molecule has 0 unspecified atom stereocenters. The first-order valence-corrected chi connectivity index (χ1v) is 8.75. The number of hydrogen-bond donors (Lipinski definition) is 1. The van der Waals surface area contributed by atoms with Gasteiger partial charge in [-0.3, -0.25) is 14.3 Å². The molecule has 0 bridgehead atoms. The van der Waals surface area contributed by atoms with Crippen LogP contribution in [0.1, 0.15) is 52.4 Å². The number of imidazole rings is 1. The molecule has 2 aromatic heterocycles. The molecule has 8 heteroatoms. The number of amides is 2. The van der Waals surface area contributed by atoms with Crippen LogP contribution in [0.15, 0.2) is 18.6 Å². The zero-order chi connectivity index (χ0) is 17.4. The van der Waals surface area contributed by atoms with Crippen molar-refractivity contribution < 1.29 is 9.59 Å². The van der Waals surface area contributed by atoms with Gasteiger partial charge in [-0.2, -0.15) is 5.10 Å². The maximum Gasteiger partial charge on any atom is 0.274 e. The molecule has 8 nitrogen and oxygen atoms in total. The van der Waals surface area contributed by atoms with Gasteiger partial charge in [-0.05, 0) is 18.9 Å². The minimum atomic E-state index is -0.114. The summed E-state index contributed by atoms with van der Waals surface area (Å²) in [4.78, 5) is 30.8. The number of fused-ring (bicyclic) bond motifs is 1. The summed E-state index contributed by atoms with van der Waals surface area (Å²) >= 11 is 0. The second kappa shape index (κ2) is 6.34. The molecule has 25 heavy (non-hydrogen) atoms. The fourth-order valence-electron chi connectivity index (χ4n) is 3.57. The van der Waals surface area contributed by atoms with Crippen molar-refractivity contribution in [3.63, 3.8) is 0 Å². The Morgan fingerprint density at radius 2 is 2.00 bits per heavy atom. The predicted octanol–water partition coefficient (Wildman–Crippen LogP) is 0.945. The maximum atomic E-state index is 12.5. The van der Waals surface area contributed by atoms with Crippen LogP contribution in [0.2, 0.25) is 0 Å². The Hall–Kier alpha value is -2.64. The molecule has 2 aliphatic rings. The molecule has 1 aliphatic carbocycles. The fourth-order valence-corrected chi connectivity index (χ4v) is 3.57. The summed E-state index contributed by atoms with van der Waals surface area (Å²) in [5.74, 6) is -0.207. The highest BCUT2D eigenvalue weighted by Crippen LogP contribution is 2.19. The predicted molar refractivity (Wildman–Crippen MR) is 89.9 cm³/mol. The Balaban J connectivity index is 1.45. The van der Waals surface area contributed by atoms with Crippen molar-refractivity contribution in [2.45, 2.75) is 44.8 Å². The van der Waals surface area contributed by atoms with Crippen LogP contribution in [-0.2, 0) is 20.1 Å².